The molecule has 0 aromatic carbocycles. The van der Waals surface area contributed by atoms with Crippen molar-refractivity contribution in [3.8, 4) is 0 Å². The van der Waals surface area contributed by atoms with Crippen LogP contribution in [0, 0.1) is 118 Å². The number of quaternary nitrogens is 10. The van der Waals surface area contributed by atoms with Crippen LogP contribution >= 0.6 is 0 Å². The van der Waals surface area contributed by atoms with Gasteiger partial charge in [-0.3, -0.25) is 0 Å². The van der Waals surface area contributed by atoms with Crippen LogP contribution in [0.25, 0.3) is 0 Å². The van der Waals surface area contributed by atoms with E-state index in [2.05, 4.69) is 263 Å². The third-order valence-corrected chi connectivity index (χ3v) is 31.0. The predicted octanol–water partition coefficient (Wildman–Crippen LogP) is -7.64. The summed E-state index contributed by atoms with van der Waals surface area (Å²) in [5, 5.41) is 2.46. The van der Waals surface area contributed by atoms with E-state index in [-0.39, 0.29) is 146 Å². The first-order chi connectivity index (χ1) is 52.2. The minimum Gasteiger partial charge on any atom is -1.00 e. The Labute approximate surface area is 854 Å². The third-order valence-electron chi connectivity index (χ3n) is 31.0. The van der Waals surface area contributed by atoms with Crippen LogP contribution < -0.4 is 134 Å². The second-order valence-corrected chi connectivity index (χ2v) is 45.5. The number of hydrogen-bond donors (Lipinski definition) is 2. The molecule has 0 aliphatic carbocycles. The first kappa shape index (κ1) is 158. The molecule has 10 aliphatic heterocycles. The van der Waals surface area contributed by atoms with Crippen molar-refractivity contribution < 1.29 is 170 Å². The SMILES string of the molecule is C.C.C.CC.CCC1CC(C)C[N+](C)(C)C1.CCC1CC(C)C[N+](C)(C)C1.CCC1CC(C)C[N+](C)(C)C1.CCC1CC(C)C[NH+](CC)C1.CCC1C[N+](C)(C)CC1CC.CCC1C[N+](C)(C)CC1CC.CCC1C[N+](C)(C)CC1CC.CCC1C[N+](C)(C)CC1CC.CCC1C[N+](CC)(CC)CC1CC.CCC1C[NH2+]CC(C)C1.[Cl-].[Cl-].[Cl-].[Cl-].[Cl-].[Cl-].[Cl-].[Cl-].[Cl-].[Cl-]. The maximum atomic E-state index is 2.46. The van der Waals surface area contributed by atoms with Gasteiger partial charge in [-0.1, -0.05) is 175 Å². The molecule has 10 fully saturated rings. The zero-order valence-electron chi connectivity index (χ0n) is 89.4. The Morgan fingerprint density at radius 2 is 0.408 bits per heavy atom. The summed E-state index contributed by atoms with van der Waals surface area (Å²) < 4.78 is 10.1. The number of rotatable bonds is 18. The zero-order valence-corrected chi connectivity index (χ0v) is 96.9. The van der Waals surface area contributed by atoms with Crippen LogP contribution in [-0.4, -0.2) is 285 Å². The lowest BCUT2D eigenvalue weighted by Gasteiger charge is -2.40. The number of piperidine rings is 5. The van der Waals surface area contributed by atoms with Crippen molar-refractivity contribution in [1.82, 2.24) is 0 Å². The highest BCUT2D eigenvalue weighted by Crippen LogP contribution is 2.37. The molecule has 0 radical (unpaired) electrons. The topological polar surface area (TPSA) is 21.1 Å². The van der Waals surface area contributed by atoms with Crippen molar-refractivity contribution in [2.75, 3.05) is 249 Å². The third kappa shape index (κ3) is 64.4. The summed E-state index contributed by atoms with van der Waals surface area (Å²) in [6, 6.07) is 0. The Bertz CT molecular complexity index is 2030. The van der Waals surface area contributed by atoms with Crippen molar-refractivity contribution in [2.45, 2.75) is 324 Å². The number of nitrogens with two attached hydrogens (primary N) is 1. The van der Waals surface area contributed by atoms with Crippen LogP contribution in [0.3, 0.4) is 0 Å². The van der Waals surface area contributed by atoms with E-state index < -0.39 is 0 Å². The van der Waals surface area contributed by atoms with Gasteiger partial charge in [0.15, 0.2) is 0 Å². The summed E-state index contributed by atoms with van der Waals surface area (Å²) in [7, 11) is 33.0. The Kier molecular flexibility index (Phi) is 102. The van der Waals surface area contributed by atoms with Gasteiger partial charge in [-0.15, -0.1) is 0 Å². The lowest BCUT2D eigenvalue weighted by Crippen LogP contribution is -3.14. The van der Waals surface area contributed by atoms with Gasteiger partial charge < -0.3 is 170 Å². The van der Waals surface area contributed by atoms with Gasteiger partial charge >= 0.3 is 0 Å². The Balaban J connectivity index is -0.0000000901. The van der Waals surface area contributed by atoms with Crippen LogP contribution in [0.1, 0.15) is 324 Å². The van der Waals surface area contributed by atoms with Crippen LogP contribution in [0.15, 0.2) is 0 Å². The molecule has 0 aromatic rings. The molecule has 0 saturated carbocycles. The molecule has 0 aromatic heterocycles. The van der Waals surface area contributed by atoms with Gasteiger partial charge in [-0.2, -0.15) is 0 Å². The van der Waals surface area contributed by atoms with Gasteiger partial charge in [0.2, 0.25) is 0 Å². The van der Waals surface area contributed by atoms with Crippen molar-refractivity contribution in [2.24, 2.45) is 118 Å². The molecule has 0 spiro atoms. The van der Waals surface area contributed by atoms with Crippen molar-refractivity contribution in [3.05, 3.63) is 0 Å². The summed E-state index contributed by atoms with van der Waals surface area (Å²) in [6.07, 6.45) is 27.9. The fourth-order valence-corrected chi connectivity index (χ4v) is 25.2. The molecule has 21 atom stereocenters. The highest BCUT2D eigenvalue weighted by atomic mass is 35.5. The number of halogens is 10. The lowest BCUT2D eigenvalue weighted by atomic mass is 9.88. The maximum absolute atomic E-state index is 2.46. The van der Waals surface area contributed by atoms with Gasteiger partial charge in [0.05, 0.1) is 249 Å². The molecule has 10 saturated heterocycles. The Hall–Kier alpha value is 2.50. The Morgan fingerprint density at radius 1 is 0.216 bits per heavy atom. The predicted molar refractivity (Wildman–Crippen MR) is 524 cm³/mol. The normalized spacial score (nSPS) is 31.9. The van der Waals surface area contributed by atoms with Crippen molar-refractivity contribution in [3.63, 3.8) is 0 Å². The first-order valence-electron chi connectivity index (χ1n) is 50.5. The lowest BCUT2D eigenvalue weighted by molar-refractivity contribution is -0.916. The van der Waals surface area contributed by atoms with Gasteiger partial charge in [0.25, 0.3) is 0 Å². The quantitative estimate of drug-likeness (QED) is 0.128. The zero-order chi connectivity index (χ0) is 86.2. The molecule has 10 rings (SSSR count). The van der Waals surface area contributed by atoms with E-state index in [1.807, 2.05) is 18.7 Å². The molecule has 3 N–H and O–H groups in total. The van der Waals surface area contributed by atoms with E-state index in [9.17, 15) is 0 Å². The molecule has 125 heavy (non-hydrogen) atoms. The molecular weight excluding hydrogens is 1760 g/mol. The smallest absolute Gasteiger partial charge is 0.0819 e. The molecule has 10 nitrogen and oxygen atoms in total. The summed E-state index contributed by atoms with van der Waals surface area (Å²) in [5.74, 6) is 19.7. The number of nitrogens with zero attached hydrogens (tertiary/aromatic N) is 8. The fraction of sp³-hybridized carbons (Fsp3) is 1.00. The second kappa shape index (κ2) is 80.3. The first-order valence-corrected chi connectivity index (χ1v) is 50.5. The molecule has 778 valence electrons. The van der Waals surface area contributed by atoms with Crippen LogP contribution in [0.4, 0.5) is 0 Å². The molecule has 0 amide bonds. The van der Waals surface area contributed by atoms with Crippen LogP contribution in [-0.2, 0) is 0 Å². The number of hydrogen-bond acceptors (Lipinski definition) is 0. The van der Waals surface area contributed by atoms with Gasteiger partial charge in [-0.25, -0.2) is 0 Å². The Morgan fingerprint density at radius 3 is 0.576 bits per heavy atom. The molecular formula is C105H238Cl10N10. The molecule has 10 aliphatic rings. The standard InChI is InChI=1S/C12H26N.7C10H22N.C10H21N.C8H17N.C2H6.3CH4.10ClH/c1-5-11-9-13(7-3,8-4)10-12(11)6-2;3*1-5-10-6-9(2)7-11(3,4)8-10;4*1-5-9-7-11(3,4)8-10(9)6-2;1-4-10-6-9(3)7-11(5-2)8-10;1-3-8-4-7(2)5-9-6-8;1-2;;;;;;;;;;;;;/h11-12H,5-10H2,1-4H3;7*9-10H,5-8H2,1-4H3;9-10H,4-8H2,1-3H3;7-9H,3-6H2,1-2H3;1-2H3;3*1H4;10*1H/q8*+1;;;;;;;;;;;;;;;;/p-8. The summed E-state index contributed by atoms with van der Waals surface area (Å²) in [5.41, 5.74) is 0. The minimum atomic E-state index is 0. The molecule has 21 unspecified atom stereocenters. The molecule has 10 heterocycles. The maximum Gasteiger partial charge on any atom is 0.0819 e. The minimum absolute atomic E-state index is 0. The van der Waals surface area contributed by atoms with Gasteiger partial charge in [0, 0.05) is 118 Å². The number of nitrogens with one attached hydrogen (secondary N) is 1. The van der Waals surface area contributed by atoms with E-state index in [1.165, 1.54) is 315 Å². The molecule has 20 heteroatoms. The van der Waals surface area contributed by atoms with Crippen molar-refractivity contribution in [1.29, 1.82) is 0 Å². The largest absolute Gasteiger partial charge is 1.00 e. The van der Waals surface area contributed by atoms with Gasteiger partial charge in [0.1, 0.15) is 0 Å². The van der Waals surface area contributed by atoms with Crippen LogP contribution in [0.5, 0.6) is 0 Å². The fourth-order valence-electron chi connectivity index (χ4n) is 25.2. The molecule has 0 bridgehead atoms. The second-order valence-electron chi connectivity index (χ2n) is 45.5. The average Bonchev–Trinajstić information content (AvgIpc) is 1.69. The summed E-state index contributed by atoms with van der Waals surface area (Å²) in [4.78, 5) is 1.82. The van der Waals surface area contributed by atoms with E-state index in [0.717, 1.165) is 118 Å². The summed E-state index contributed by atoms with van der Waals surface area (Å²) >= 11 is 0. The van der Waals surface area contributed by atoms with E-state index in [4.69, 9.17) is 0 Å². The van der Waals surface area contributed by atoms with E-state index in [0.29, 0.717) is 0 Å². The van der Waals surface area contributed by atoms with Gasteiger partial charge in [-0.05, 0) is 149 Å². The highest BCUT2D eigenvalue weighted by molar-refractivity contribution is 4.79. The highest BCUT2D eigenvalue weighted by Gasteiger charge is 2.44. The van der Waals surface area contributed by atoms with E-state index >= 15 is 0 Å². The van der Waals surface area contributed by atoms with Crippen molar-refractivity contribution >= 4 is 0 Å². The van der Waals surface area contributed by atoms with Crippen LogP contribution in [0.2, 0.25) is 0 Å². The summed E-state index contributed by atoms with van der Waals surface area (Å²) in [6.45, 7) is 89.8. The van der Waals surface area contributed by atoms with E-state index in [1.54, 1.807) is 0 Å². The average molecular weight is 2000 g/mol. The monoisotopic (exact) mass is 1990 g/mol. The number of likely N-dealkylation sites (tertiary alicyclic amines) is 9.